The van der Waals surface area contributed by atoms with Gasteiger partial charge >= 0.3 is 0 Å². The Balaban J connectivity index is 1.53. The molecule has 2 aromatic carbocycles. The molecule has 0 unspecified atom stereocenters. The van der Waals surface area contributed by atoms with Gasteiger partial charge < -0.3 is 10.1 Å². The summed E-state index contributed by atoms with van der Waals surface area (Å²) in [7, 11) is 1.65. The minimum absolute atomic E-state index is 0.00905. The van der Waals surface area contributed by atoms with Gasteiger partial charge in [-0.2, -0.15) is 5.10 Å². The van der Waals surface area contributed by atoms with Crippen LogP contribution in [0.4, 0.5) is 5.82 Å². The Kier molecular flexibility index (Phi) is 6.54. The summed E-state index contributed by atoms with van der Waals surface area (Å²) in [6, 6.07) is 19.8. The third kappa shape index (κ3) is 5.62. The van der Waals surface area contributed by atoms with Crippen LogP contribution < -0.4 is 10.1 Å². The number of benzene rings is 2. The van der Waals surface area contributed by atoms with Gasteiger partial charge in [-0.05, 0) is 36.8 Å². The topological polar surface area (TPSA) is 56.1 Å². The minimum Gasteiger partial charge on any atom is -0.497 e. The zero-order valence-electron chi connectivity index (χ0n) is 15.5. The summed E-state index contributed by atoms with van der Waals surface area (Å²) in [5.74, 6) is 2.27. The maximum Gasteiger partial charge on any atom is 0.226 e. The molecule has 0 aliphatic rings. The first-order chi connectivity index (χ1) is 13.1. The highest BCUT2D eigenvalue weighted by Crippen LogP contribution is 2.22. The number of carbonyl (C=O) groups excluding carboxylic acids is 1. The molecule has 0 aliphatic carbocycles. The average Bonchev–Trinajstić information content (AvgIpc) is 3.01. The lowest BCUT2D eigenvalue weighted by Gasteiger charge is -2.09. The fourth-order valence-corrected chi connectivity index (χ4v) is 3.51. The summed E-state index contributed by atoms with van der Waals surface area (Å²) < 4.78 is 6.98. The lowest BCUT2D eigenvalue weighted by atomic mass is 10.2. The second-order valence-electron chi connectivity index (χ2n) is 6.14. The first-order valence-corrected chi connectivity index (χ1v) is 9.77. The summed E-state index contributed by atoms with van der Waals surface area (Å²) in [6.45, 7) is 2.56. The van der Waals surface area contributed by atoms with Gasteiger partial charge in [0.25, 0.3) is 0 Å². The first-order valence-electron chi connectivity index (χ1n) is 8.79. The molecular weight excluding hydrogens is 358 g/mol. The lowest BCUT2D eigenvalue weighted by molar-refractivity contribution is -0.115. The number of nitrogens with one attached hydrogen (secondary N) is 1. The quantitative estimate of drug-likeness (QED) is 0.589. The van der Waals surface area contributed by atoms with Gasteiger partial charge in [-0.25, -0.2) is 4.68 Å². The highest BCUT2D eigenvalue weighted by Gasteiger charge is 2.10. The van der Waals surface area contributed by atoms with E-state index >= 15 is 0 Å². The van der Waals surface area contributed by atoms with Crippen molar-refractivity contribution in [2.45, 2.75) is 24.8 Å². The predicted octanol–water partition coefficient (Wildman–Crippen LogP) is 4.37. The maximum atomic E-state index is 12.3. The molecule has 140 valence electrons. The van der Waals surface area contributed by atoms with Crippen LogP contribution in [-0.2, 0) is 11.3 Å². The van der Waals surface area contributed by atoms with E-state index in [1.807, 2.05) is 72.3 Å². The number of carbonyl (C=O) groups is 1. The molecule has 0 spiro atoms. The van der Waals surface area contributed by atoms with Crippen LogP contribution >= 0.6 is 11.8 Å². The van der Waals surface area contributed by atoms with E-state index in [1.54, 1.807) is 18.9 Å². The highest BCUT2D eigenvalue weighted by atomic mass is 32.2. The Morgan fingerprint density at radius 3 is 2.59 bits per heavy atom. The number of anilines is 1. The van der Waals surface area contributed by atoms with Crippen molar-refractivity contribution in [2.24, 2.45) is 0 Å². The molecule has 0 fully saturated rings. The van der Waals surface area contributed by atoms with Crippen LogP contribution in [0.1, 0.15) is 17.7 Å². The van der Waals surface area contributed by atoms with E-state index in [4.69, 9.17) is 4.74 Å². The SMILES string of the molecule is COc1ccc(SCCC(=O)Nc2cc(C)nn2Cc2ccccc2)cc1. The van der Waals surface area contributed by atoms with Crippen LogP contribution in [0, 0.1) is 6.92 Å². The van der Waals surface area contributed by atoms with Crippen LogP contribution in [-0.4, -0.2) is 28.6 Å². The first kappa shape index (κ1) is 19.0. The van der Waals surface area contributed by atoms with Crippen molar-refractivity contribution in [3.63, 3.8) is 0 Å². The van der Waals surface area contributed by atoms with Crippen molar-refractivity contribution in [3.8, 4) is 5.75 Å². The number of thioether (sulfide) groups is 1. The number of aromatic nitrogens is 2. The van der Waals surface area contributed by atoms with Crippen molar-refractivity contribution in [1.82, 2.24) is 9.78 Å². The normalized spacial score (nSPS) is 10.6. The number of amides is 1. The zero-order valence-corrected chi connectivity index (χ0v) is 16.3. The van der Waals surface area contributed by atoms with Gasteiger partial charge in [0.15, 0.2) is 0 Å². The van der Waals surface area contributed by atoms with Crippen molar-refractivity contribution >= 4 is 23.5 Å². The maximum absolute atomic E-state index is 12.3. The number of nitrogens with zero attached hydrogens (tertiary/aromatic N) is 2. The lowest BCUT2D eigenvalue weighted by Crippen LogP contribution is -2.16. The Morgan fingerprint density at radius 2 is 1.89 bits per heavy atom. The molecule has 0 saturated heterocycles. The number of rotatable bonds is 8. The second-order valence-corrected chi connectivity index (χ2v) is 7.30. The molecule has 27 heavy (non-hydrogen) atoms. The Hall–Kier alpha value is -2.73. The largest absolute Gasteiger partial charge is 0.497 e. The molecule has 5 nitrogen and oxygen atoms in total. The van der Waals surface area contributed by atoms with E-state index in [0.717, 1.165) is 27.7 Å². The van der Waals surface area contributed by atoms with Gasteiger partial charge in [0.2, 0.25) is 5.91 Å². The third-order valence-corrected chi connectivity index (χ3v) is 5.02. The van der Waals surface area contributed by atoms with Crippen LogP contribution in [0.3, 0.4) is 0 Å². The number of hydrogen-bond donors (Lipinski definition) is 1. The molecule has 1 heterocycles. The van der Waals surface area contributed by atoms with Gasteiger partial charge in [0.1, 0.15) is 11.6 Å². The molecule has 0 saturated carbocycles. The fourth-order valence-electron chi connectivity index (χ4n) is 2.66. The monoisotopic (exact) mass is 381 g/mol. The van der Waals surface area contributed by atoms with E-state index in [1.165, 1.54) is 0 Å². The number of ether oxygens (including phenoxy) is 1. The van der Waals surface area contributed by atoms with E-state index in [2.05, 4.69) is 10.4 Å². The van der Waals surface area contributed by atoms with Crippen LogP contribution in [0.15, 0.2) is 65.6 Å². The molecular formula is C21H23N3O2S. The van der Waals surface area contributed by atoms with E-state index < -0.39 is 0 Å². The molecule has 0 radical (unpaired) electrons. The van der Waals surface area contributed by atoms with Crippen LogP contribution in [0.2, 0.25) is 0 Å². The fraction of sp³-hybridized carbons (Fsp3) is 0.238. The summed E-state index contributed by atoms with van der Waals surface area (Å²) >= 11 is 1.65. The van der Waals surface area contributed by atoms with E-state index in [0.29, 0.717) is 18.7 Å². The molecule has 6 heteroatoms. The van der Waals surface area contributed by atoms with E-state index in [9.17, 15) is 4.79 Å². The second kappa shape index (κ2) is 9.28. The van der Waals surface area contributed by atoms with Crippen LogP contribution in [0.5, 0.6) is 5.75 Å². The zero-order chi connectivity index (χ0) is 19.1. The van der Waals surface area contributed by atoms with Crippen molar-refractivity contribution in [3.05, 3.63) is 71.9 Å². The third-order valence-electron chi connectivity index (χ3n) is 4.00. The summed E-state index contributed by atoms with van der Waals surface area (Å²) in [5, 5.41) is 7.47. The Labute approximate surface area is 163 Å². The number of methoxy groups -OCH3 is 1. The summed E-state index contributed by atoms with van der Waals surface area (Å²) in [4.78, 5) is 13.5. The molecule has 3 rings (SSSR count). The van der Waals surface area contributed by atoms with Crippen molar-refractivity contribution < 1.29 is 9.53 Å². The highest BCUT2D eigenvalue weighted by molar-refractivity contribution is 7.99. The molecule has 3 aromatic rings. The molecule has 1 aromatic heterocycles. The smallest absolute Gasteiger partial charge is 0.226 e. The van der Waals surface area contributed by atoms with Gasteiger partial charge in [-0.15, -0.1) is 11.8 Å². The van der Waals surface area contributed by atoms with Gasteiger partial charge in [0.05, 0.1) is 19.3 Å². The van der Waals surface area contributed by atoms with Crippen LogP contribution in [0.25, 0.3) is 0 Å². The van der Waals surface area contributed by atoms with Crippen molar-refractivity contribution in [1.29, 1.82) is 0 Å². The van der Waals surface area contributed by atoms with Gasteiger partial charge in [-0.3, -0.25) is 4.79 Å². The van der Waals surface area contributed by atoms with Crippen molar-refractivity contribution in [2.75, 3.05) is 18.2 Å². The Morgan fingerprint density at radius 1 is 1.15 bits per heavy atom. The minimum atomic E-state index is -0.00905. The molecule has 0 atom stereocenters. The molecule has 0 bridgehead atoms. The molecule has 1 amide bonds. The summed E-state index contributed by atoms with van der Waals surface area (Å²) in [6.07, 6.45) is 0.437. The summed E-state index contributed by atoms with van der Waals surface area (Å²) in [5.41, 5.74) is 2.03. The van der Waals surface area contributed by atoms with Gasteiger partial charge in [0, 0.05) is 23.1 Å². The number of aryl methyl sites for hydroxylation is 1. The van der Waals surface area contributed by atoms with Gasteiger partial charge in [-0.1, -0.05) is 30.3 Å². The predicted molar refractivity (Wildman–Crippen MR) is 109 cm³/mol. The standard InChI is InChI=1S/C21H23N3O2S/c1-16-14-20(24(23-16)15-17-6-4-3-5-7-17)22-21(25)12-13-27-19-10-8-18(26-2)9-11-19/h3-11,14H,12-13,15H2,1-2H3,(H,22,25). The molecule has 0 aliphatic heterocycles. The van der Waals surface area contributed by atoms with E-state index in [-0.39, 0.29) is 5.91 Å². The number of hydrogen-bond acceptors (Lipinski definition) is 4. The molecule has 1 N–H and O–H groups in total. The average molecular weight is 382 g/mol. The Bertz CT molecular complexity index is 876.